The van der Waals surface area contributed by atoms with E-state index in [2.05, 4.69) is 9.97 Å². The van der Waals surface area contributed by atoms with Crippen LogP contribution in [0.5, 0.6) is 0 Å². The van der Waals surface area contributed by atoms with Crippen molar-refractivity contribution in [3.05, 3.63) is 54.1 Å². The van der Waals surface area contributed by atoms with E-state index in [0.29, 0.717) is 36.9 Å². The van der Waals surface area contributed by atoms with E-state index in [0.717, 1.165) is 0 Å². The van der Waals surface area contributed by atoms with Crippen molar-refractivity contribution in [2.24, 2.45) is 0 Å². The van der Waals surface area contributed by atoms with Crippen molar-refractivity contribution in [2.45, 2.75) is 37.4 Å². The number of rotatable bonds is 3. The molecular formula is C16H18N2O3. The summed E-state index contributed by atoms with van der Waals surface area (Å²) in [5, 5.41) is 10.6. The largest absolute Gasteiger partial charge is 0.459 e. The number of nitrogens with zero attached hydrogens (tertiary/aromatic N) is 1. The Balaban J connectivity index is 1.58. The Morgan fingerprint density at radius 2 is 2.00 bits per heavy atom. The Labute approximate surface area is 123 Å². The van der Waals surface area contributed by atoms with E-state index >= 15 is 0 Å². The molecule has 21 heavy (non-hydrogen) atoms. The number of aromatic nitrogens is 2. The lowest BCUT2D eigenvalue weighted by Gasteiger charge is -2.34. The van der Waals surface area contributed by atoms with E-state index in [1.807, 2.05) is 18.2 Å². The number of ether oxygens (including phenoxy) is 1. The molecule has 2 aromatic rings. The van der Waals surface area contributed by atoms with Gasteiger partial charge >= 0.3 is 5.97 Å². The zero-order chi connectivity index (χ0) is 14.7. The summed E-state index contributed by atoms with van der Waals surface area (Å²) < 4.78 is 5.51. The SMILES string of the molecule is O=C(O[C@H]1CC[C@](O)(c2c[nH]cn2)CC1)c1ccccc1. The molecule has 3 rings (SSSR count). The third-order valence-corrected chi connectivity index (χ3v) is 4.02. The molecule has 2 N–H and O–H groups in total. The molecule has 1 saturated carbocycles. The van der Waals surface area contributed by atoms with Gasteiger partial charge in [0.2, 0.25) is 0 Å². The first-order valence-corrected chi connectivity index (χ1v) is 7.15. The smallest absolute Gasteiger partial charge is 0.338 e. The van der Waals surface area contributed by atoms with Crippen LogP contribution in [-0.2, 0) is 10.3 Å². The fourth-order valence-corrected chi connectivity index (χ4v) is 2.75. The van der Waals surface area contributed by atoms with Gasteiger partial charge in [0.1, 0.15) is 11.7 Å². The highest BCUT2D eigenvalue weighted by atomic mass is 16.5. The van der Waals surface area contributed by atoms with Gasteiger partial charge in [-0.05, 0) is 37.8 Å². The molecule has 1 heterocycles. The van der Waals surface area contributed by atoms with Gasteiger partial charge in [-0.2, -0.15) is 0 Å². The minimum absolute atomic E-state index is 0.142. The molecule has 0 unspecified atom stereocenters. The lowest BCUT2D eigenvalue weighted by molar-refractivity contribution is -0.0485. The van der Waals surface area contributed by atoms with Crippen LogP contribution in [0, 0.1) is 0 Å². The Bertz CT molecular complexity index is 587. The quantitative estimate of drug-likeness (QED) is 0.850. The van der Waals surface area contributed by atoms with Crippen LogP contribution in [0.15, 0.2) is 42.9 Å². The number of nitrogens with one attached hydrogen (secondary N) is 1. The molecule has 1 aliphatic rings. The van der Waals surface area contributed by atoms with Crippen LogP contribution in [-0.4, -0.2) is 27.1 Å². The number of hydrogen-bond acceptors (Lipinski definition) is 4. The molecule has 0 saturated heterocycles. The number of aliphatic hydroxyl groups is 1. The first kappa shape index (κ1) is 13.8. The average Bonchev–Trinajstić information content (AvgIpc) is 3.06. The highest BCUT2D eigenvalue weighted by Crippen LogP contribution is 2.37. The molecule has 0 amide bonds. The minimum Gasteiger partial charge on any atom is -0.459 e. The van der Waals surface area contributed by atoms with Gasteiger partial charge in [0, 0.05) is 6.20 Å². The number of hydrogen-bond donors (Lipinski definition) is 2. The molecule has 0 radical (unpaired) electrons. The molecule has 5 nitrogen and oxygen atoms in total. The van der Waals surface area contributed by atoms with E-state index in [4.69, 9.17) is 4.74 Å². The number of H-pyrrole nitrogens is 1. The molecule has 1 aromatic heterocycles. The highest BCUT2D eigenvalue weighted by molar-refractivity contribution is 5.89. The normalized spacial score (nSPS) is 25.5. The fourth-order valence-electron chi connectivity index (χ4n) is 2.75. The van der Waals surface area contributed by atoms with Crippen molar-refractivity contribution in [3.8, 4) is 0 Å². The lowest BCUT2D eigenvalue weighted by atomic mass is 9.81. The second-order valence-corrected chi connectivity index (χ2v) is 5.46. The molecule has 110 valence electrons. The van der Waals surface area contributed by atoms with Crippen LogP contribution in [0.25, 0.3) is 0 Å². The molecule has 0 aliphatic heterocycles. The van der Waals surface area contributed by atoms with Gasteiger partial charge in [0.25, 0.3) is 0 Å². The van der Waals surface area contributed by atoms with Crippen molar-refractivity contribution >= 4 is 5.97 Å². The molecule has 1 aromatic carbocycles. The minimum atomic E-state index is -0.907. The van der Waals surface area contributed by atoms with E-state index in [-0.39, 0.29) is 12.1 Å². The van der Waals surface area contributed by atoms with Gasteiger partial charge in [0.15, 0.2) is 0 Å². The van der Waals surface area contributed by atoms with Crippen molar-refractivity contribution in [2.75, 3.05) is 0 Å². The highest BCUT2D eigenvalue weighted by Gasteiger charge is 2.37. The first-order chi connectivity index (χ1) is 10.2. The number of carbonyl (C=O) groups is 1. The van der Waals surface area contributed by atoms with Gasteiger partial charge < -0.3 is 14.8 Å². The zero-order valence-corrected chi connectivity index (χ0v) is 11.7. The van der Waals surface area contributed by atoms with Crippen LogP contribution in [0.4, 0.5) is 0 Å². The number of carbonyl (C=O) groups excluding carboxylic acids is 1. The van der Waals surface area contributed by atoms with Gasteiger partial charge in [-0.3, -0.25) is 0 Å². The van der Waals surface area contributed by atoms with E-state index in [1.54, 1.807) is 24.7 Å². The zero-order valence-electron chi connectivity index (χ0n) is 11.7. The molecule has 0 atom stereocenters. The first-order valence-electron chi connectivity index (χ1n) is 7.15. The molecular weight excluding hydrogens is 268 g/mol. The summed E-state index contributed by atoms with van der Waals surface area (Å²) in [5.41, 5.74) is 0.316. The van der Waals surface area contributed by atoms with Gasteiger partial charge in [0.05, 0.1) is 17.6 Å². The lowest BCUT2D eigenvalue weighted by Crippen LogP contribution is -2.35. The summed E-state index contributed by atoms with van der Waals surface area (Å²) in [6, 6.07) is 8.97. The Hall–Kier alpha value is -2.14. The molecule has 0 spiro atoms. The van der Waals surface area contributed by atoms with Crippen molar-refractivity contribution < 1.29 is 14.6 Å². The standard InChI is InChI=1S/C16H18N2O3/c19-15(12-4-2-1-3-5-12)21-13-6-8-16(20,9-7-13)14-10-17-11-18-14/h1-5,10-11,13,20H,6-9H2,(H,17,18)/t13-,16+. The average molecular weight is 286 g/mol. The summed E-state index contributed by atoms with van der Waals surface area (Å²) in [6.45, 7) is 0. The summed E-state index contributed by atoms with van der Waals surface area (Å²) in [5.74, 6) is -0.300. The maximum atomic E-state index is 12.0. The van der Waals surface area contributed by atoms with Crippen molar-refractivity contribution in [3.63, 3.8) is 0 Å². The summed E-state index contributed by atoms with van der Waals surface area (Å²) in [7, 11) is 0. The molecule has 5 heteroatoms. The second-order valence-electron chi connectivity index (χ2n) is 5.46. The van der Waals surface area contributed by atoms with E-state index in [1.165, 1.54) is 0 Å². The predicted octanol–water partition coefficient (Wildman–Crippen LogP) is 2.40. The van der Waals surface area contributed by atoms with Crippen molar-refractivity contribution in [1.29, 1.82) is 0 Å². The van der Waals surface area contributed by atoms with Crippen molar-refractivity contribution in [1.82, 2.24) is 9.97 Å². The number of esters is 1. The fraction of sp³-hybridized carbons (Fsp3) is 0.375. The van der Waals surface area contributed by atoms with Crippen LogP contribution >= 0.6 is 0 Å². The third-order valence-electron chi connectivity index (χ3n) is 4.02. The van der Waals surface area contributed by atoms with E-state index < -0.39 is 5.60 Å². The Morgan fingerprint density at radius 1 is 1.29 bits per heavy atom. The monoisotopic (exact) mass is 286 g/mol. The number of imidazole rings is 1. The molecule has 1 aliphatic carbocycles. The number of benzene rings is 1. The third kappa shape index (κ3) is 2.97. The Morgan fingerprint density at radius 3 is 2.62 bits per heavy atom. The molecule has 0 bridgehead atoms. The van der Waals surface area contributed by atoms with Gasteiger partial charge in [-0.25, -0.2) is 9.78 Å². The maximum Gasteiger partial charge on any atom is 0.338 e. The van der Waals surface area contributed by atoms with Crippen LogP contribution < -0.4 is 0 Å². The summed E-state index contributed by atoms with van der Waals surface area (Å²) in [6.07, 6.45) is 5.52. The molecule has 1 fully saturated rings. The Kier molecular flexibility index (Phi) is 3.75. The van der Waals surface area contributed by atoms with E-state index in [9.17, 15) is 9.90 Å². The number of aromatic amines is 1. The summed E-state index contributed by atoms with van der Waals surface area (Å²) in [4.78, 5) is 19.0. The van der Waals surface area contributed by atoms with Crippen LogP contribution in [0.2, 0.25) is 0 Å². The summed E-state index contributed by atoms with van der Waals surface area (Å²) >= 11 is 0. The topological polar surface area (TPSA) is 75.2 Å². The van der Waals surface area contributed by atoms with Crippen LogP contribution in [0.3, 0.4) is 0 Å². The maximum absolute atomic E-state index is 12.0. The van der Waals surface area contributed by atoms with Gasteiger partial charge in [-0.15, -0.1) is 0 Å². The van der Waals surface area contributed by atoms with Crippen LogP contribution in [0.1, 0.15) is 41.7 Å². The second kappa shape index (κ2) is 5.69. The van der Waals surface area contributed by atoms with Gasteiger partial charge in [-0.1, -0.05) is 18.2 Å². The predicted molar refractivity (Wildman–Crippen MR) is 76.6 cm³/mol.